The quantitative estimate of drug-likeness (QED) is 0.303. The van der Waals surface area contributed by atoms with Crippen molar-refractivity contribution in [1.29, 1.82) is 0 Å². The van der Waals surface area contributed by atoms with Crippen molar-refractivity contribution in [2.75, 3.05) is 52.5 Å². The van der Waals surface area contributed by atoms with Crippen molar-refractivity contribution < 1.29 is 14.2 Å². The van der Waals surface area contributed by atoms with Gasteiger partial charge < -0.3 is 29.0 Å². The fraction of sp³-hybridized carbons (Fsp3) is 0.467. The topological polar surface area (TPSA) is 73.7 Å². The van der Waals surface area contributed by atoms with Gasteiger partial charge >= 0.3 is 0 Å². The number of pyridine rings is 2. The predicted molar refractivity (Wildman–Crippen MR) is 150 cm³/mol. The summed E-state index contributed by atoms with van der Waals surface area (Å²) in [6.07, 6.45) is 9.32. The van der Waals surface area contributed by atoms with Gasteiger partial charge in [0, 0.05) is 99.5 Å². The second kappa shape index (κ2) is 11.8. The number of piperidine rings is 1. The molecule has 2 aliphatic rings. The Hall–Kier alpha value is -3.04. The lowest BCUT2D eigenvalue weighted by molar-refractivity contribution is 0.00319. The fourth-order valence-corrected chi connectivity index (χ4v) is 5.36. The van der Waals surface area contributed by atoms with E-state index in [0.29, 0.717) is 12.0 Å². The minimum absolute atomic E-state index is 0.212. The van der Waals surface area contributed by atoms with Crippen molar-refractivity contribution in [1.82, 2.24) is 24.8 Å². The standard InChI is InChI=1S/C30H37N5O3/c1-34-28-7-10-31-21-27(28)26-5-3-22(17-29(26)34)23-4-6-30(33-18-23)38-24-8-11-35(12-9-24)13-16-36-14-2-15-37-25-19-32-20-25/h3-7,10,17-18,21,24-25,32H,2,8-9,11-16,19-20H2,1H3. The van der Waals surface area contributed by atoms with Gasteiger partial charge in [-0.3, -0.25) is 4.98 Å². The third-order valence-electron chi connectivity index (χ3n) is 7.78. The molecule has 0 aliphatic carbocycles. The van der Waals surface area contributed by atoms with Gasteiger partial charge in [-0.1, -0.05) is 12.1 Å². The molecule has 2 aliphatic heterocycles. The van der Waals surface area contributed by atoms with E-state index in [1.807, 2.05) is 24.7 Å². The van der Waals surface area contributed by atoms with Crippen LogP contribution in [0.5, 0.6) is 5.88 Å². The van der Waals surface area contributed by atoms with Crippen LogP contribution in [0.1, 0.15) is 19.3 Å². The molecule has 6 rings (SSSR count). The molecule has 3 aromatic heterocycles. The lowest BCUT2D eigenvalue weighted by Crippen LogP contribution is -2.48. The normalized spacial score (nSPS) is 17.3. The van der Waals surface area contributed by atoms with E-state index in [2.05, 4.69) is 62.1 Å². The van der Waals surface area contributed by atoms with Crippen LogP contribution in [0.4, 0.5) is 0 Å². The number of hydrogen-bond donors (Lipinski definition) is 1. The summed E-state index contributed by atoms with van der Waals surface area (Å²) in [6.45, 7) is 7.36. The number of ether oxygens (including phenoxy) is 3. The van der Waals surface area contributed by atoms with Crippen molar-refractivity contribution in [2.45, 2.75) is 31.5 Å². The Kier molecular flexibility index (Phi) is 7.83. The Balaban J connectivity index is 0.950. The van der Waals surface area contributed by atoms with E-state index < -0.39 is 0 Å². The Labute approximate surface area is 223 Å². The van der Waals surface area contributed by atoms with E-state index >= 15 is 0 Å². The SMILES string of the molecule is Cn1c2ccncc2c2ccc(-c3ccc(OC4CCN(CCOCCCOC5CNC5)CC4)nc3)cc21. The van der Waals surface area contributed by atoms with E-state index in [0.717, 1.165) is 82.9 Å². The molecule has 0 radical (unpaired) electrons. The van der Waals surface area contributed by atoms with Crippen LogP contribution in [0.15, 0.2) is 55.0 Å². The van der Waals surface area contributed by atoms with Crippen molar-refractivity contribution in [2.24, 2.45) is 7.05 Å². The first-order valence-electron chi connectivity index (χ1n) is 13.8. The summed E-state index contributed by atoms with van der Waals surface area (Å²) in [7, 11) is 2.10. The highest BCUT2D eigenvalue weighted by Gasteiger charge is 2.21. The number of aromatic nitrogens is 3. The molecule has 8 nitrogen and oxygen atoms in total. The molecule has 2 fully saturated rings. The molecule has 0 amide bonds. The minimum atomic E-state index is 0.212. The molecule has 1 N–H and O–H groups in total. The molecule has 4 aromatic rings. The molecule has 8 heteroatoms. The van der Waals surface area contributed by atoms with Crippen molar-refractivity contribution in [3.8, 4) is 17.0 Å². The molecule has 5 heterocycles. The van der Waals surface area contributed by atoms with Gasteiger partial charge in [-0.2, -0.15) is 0 Å². The van der Waals surface area contributed by atoms with Gasteiger partial charge in [0.15, 0.2) is 0 Å². The number of likely N-dealkylation sites (tertiary alicyclic amines) is 1. The Bertz CT molecular complexity index is 1340. The molecule has 38 heavy (non-hydrogen) atoms. The highest BCUT2D eigenvalue weighted by atomic mass is 16.5. The molecule has 200 valence electrons. The predicted octanol–water partition coefficient (Wildman–Crippen LogP) is 4.03. The first kappa shape index (κ1) is 25.2. The average Bonchev–Trinajstić information content (AvgIpc) is 3.22. The molecule has 0 atom stereocenters. The summed E-state index contributed by atoms with van der Waals surface area (Å²) < 4.78 is 20.0. The number of nitrogens with zero attached hydrogens (tertiary/aromatic N) is 4. The first-order valence-corrected chi connectivity index (χ1v) is 13.8. The van der Waals surface area contributed by atoms with E-state index in [4.69, 9.17) is 14.2 Å². The third-order valence-corrected chi connectivity index (χ3v) is 7.78. The van der Waals surface area contributed by atoms with Crippen molar-refractivity contribution >= 4 is 21.8 Å². The maximum Gasteiger partial charge on any atom is 0.213 e. The molecular weight excluding hydrogens is 478 g/mol. The van der Waals surface area contributed by atoms with Gasteiger partial charge in [0.05, 0.1) is 18.2 Å². The zero-order valence-corrected chi connectivity index (χ0v) is 22.1. The average molecular weight is 516 g/mol. The number of nitrogens with one attached hydrogen (secondary N) is 1. The van der Waals surface area contributed by atoms with Crippen LogP contribution < -0.4 is 10.1 Å². The Morgan fingerprint density at radius 3 is 2.55 bits per heavy atom. The molecule has 0 unspecified atom stereocenters. The lowest BCUT2D eigenvalue weighted by atomic mass is 10.1. The van der Waals surface area contributed by atoms with Crippen LogP contribution in [0.3, 0.4) is 0 Å². The summed E-state index contributed by atoms with van der Waals surface area (Å²) >= 11 is 0. The van der Waals surface area contributed by atoms with Crippen LogP contribution in [-0.2, 0) is 16.5 Å². The van der Waals surface area contributed by atoms with Gasteiger partial charge in [0.25, 0.3) is 0 Å². The van der Waals surface area contributed by atoms with Crippen LogP contribution in [0, 0.1) is 0 Å². The van der Waals surface area contributed by atoms with Crippen LogP contribution in [0.25, 0.3) is 32.9 Å². The molecule has 0 spiro atoms. The van der Waals surface area contributed by atoms with Gasteiger partial charge in [-0.25, -0.2) is 4.98 Å². The fourth-order valence-electron chi connectivity index (χ4n) is 5.36. The van der Waals surface area contributed by atoms with Gasteiger partial charge in [-0.15, -0.1) is 0 Å². The number of fused-ring (bicyclic) bond motifs is 3. The summed E-state index contributed by atoms with van der Waals surface area (Å²) in [5.74, 6) is 0.701. The van der Waals surface area contributed by atoms with Gasteiger partial charge in [0.2, 0.25) is 5.88 Å². The number of hydrogen-bond acceptors (Lipinski definition) is 7. The van der Waals surface area contributed by atoms with Crippen LogP contribution in [0.2, 0.25) is 0 Å². The van der Waals surface area contributed by atoms with Crippen molar-refractivity contribution in [3.63, 3.8) is 0 Å². The molecule has 2 saturated heterocycles. The molecule has 0 saturated carbocycles. The summed E-state index contributed by atoms with van der Waals surface area (Å²) in [5.41, 5.74) is 4.62. The molecular formula is C30H37N5O3. The Morgan fingerprint density at radius 1 is 0.895 bits per heavy atom. The molecule has 0 bridgehead atoms. The summed E-state index contributed by atoms with van der Waals surface area (Å²) in [4.78, 5) is 11.4. The monoisotopic (exact) mass is 515 g/mol. The maximum absolute atomic E-state index is 6.23. The van der Waals surface area contributed by atoms with E-state index in [1.54, 1.807) is 0 Å². The second-order valence-corrected chi connectivity index (χ2v) is 10.3. The van der Waals surface area contributed by atoms with Gasteiger partial charge in [0.1, 0.15) is 6.10 Å². The number of rotatable bonds is 11. The largest absolute Gasteiger partial charge is 0.474 e. The van der Waals surface area contributed by atoms with E-state index in [1.165, 1.54) is 21.8 Å². The molecule has 1 aromatic carbocycles. The first-order chi connectivity index (χ1) is 18.7. The number of benzene rings is 1. The third kappa shape index (κ3) is 5.68. The van der Waals surface area contributed by atoms with Gasteiger partial charge in [-0.05, 0) is 43.0 Å². The van der Waals surface area contributed by atoms with Crippen molar-refractivity contribution in [3.05, 3.63) is 55.0 Å². The number of aryl methyl sites for hydroxylation is 1. The summed E-state index contributed by atoms with van der Waals surface area (Å²) in [6, 6.07) is 12.7. The van der Waals surface area contributed by atoms with Crippen LogP contribution >= 0.6 is 0 Å². The highest BCUT2D eigenvalue weighted by molar-refractivity contribution is 6.08. The van der Waals surface area contributed by atoms with E-state index in [-0.39, 0.29) is 6.10 Å². The summed E-state index contributed by atoms with van der Waals surface area (Å²) in [5, 5.41) is 5.62. The van der Waals surface area contributed by atoms with Crippen LogP contribution in [-0.4, -0.2) is 84.2 Å². The minimum Gasteiger partial charge on any atom is -0.474 e. The lowest BCUT2D eigenvalue weighted by Gasteiger charge is -2.31. The highest BCUT2D eigenvalue weighted by Crippen LogP contribution is 2.31. The van der Waals surface area contributed by atoms with E-state index in [9.17, 15) is 0 Å². The zero-order chi connectivity index (χ0) is 25.7. The second-order valence-electron chi connectivity index (χ2n) is 10.3. The maximum atomic E-state index is 6.23. The Morgan fingerprint density at radius 2 is 1.76 bits per heavy atom. The zero-order valence-electron chi connectivity index (χ0n) is 22.1. The smallest absolute Gasteiger partial charge is 0.213 e.